The van der Waals surface area contributed by atoms with Crippen LogP contribution < -0.4 is 0 Å². The average molecular weight is 274 g/mol. The van der Waals surface area contributed by atoms with E-state index in [0.29, 0.717) is 0 Å². The zero-order valence-electron chi connectivity index (χ0n) is 8.62. The van der Waals surface area contributed by atoms with Crippen LogP contribution in [0.3, 0.4) is 0 Å². The van der Waals surface area contributed by atoms with Crippen LogP contribution in [-0.2, 0) is 9.30 Å². The van der Waals surface area contributed by atoms with Crippen molar-refractivity contribution in [1.82, 2.24) is 0 Å². The van der Waals surface area contributed by atoms with Crippen LogP contribution in [0.15, 0.2) is 0 Å². The average Bonchev–Trinajstić information content (AvgIpc) is 2.25. The van der Waals surface area contributed by atoms with Crippen molar-refractivity contribution in [2.75, 3.05) is 13.2 Å². The molecule has 0 bridgehead atoms. The molecule has 0 aromatic carbocycles. The first-order chi connectivity index (χ1) is 7.71. The van der Waals surface area contributed by atoms with Gasteiger partial charge < -0.3 is 40.1 Å². The first-order valence-electron chi connectivity index (χ1n) is 4.70. The molecule has 1 aliphatic rings. The molecule has 5 atom stereocenters. The molecule has 9 nitrogen and oxygen atoms in total. The summed E-state index contributed by atoms with van der Waals surface area (Å²) in [6.45, 7) is -2.12. The Balaban J connectivity index is 3.18. The molecular weight excluding hydrogens is 259 g/mol. The van der Waals surface area contributed by atoms with Gasteiger partial charge in [-0.1, -0.05) is 0 Å². The van der Waals surface area contributed by atoms with Crippen molar-refractivity contribution < 1.29 is 44.6 Å². The Morgan fingerprint density at radius 3 is 2.00 bits per heavy atom. The fraction of sp³-hybridized carbons (Fsp3) is 1.00. The summed E-state index contributed by atoms with van der Waals surface area (Å²) in [5.74, 6) is 0. The molecule has 10 heteroatoms. The van der Waals surface area contributed by atoms with E-state index in [1.165, 1.54) is 0 Å². The van der Waals surface area contributed by atoms with Gasteiger partial charge in [0.15, 0.2) is 0 Å². The maximum atomic E-state index is 11.2. The van der Waals surface area contributed by atoms with Crippen molar-refractivity contribution in [3.05, 3.63) is 0 Å². The Kier molecular flexibility index (Phi) is 4.30. The van der Waals surface area contributed by atoms with Crippen molar-refractivity contribution >= 4 is 7.60 Å². The van der Waals surface area contributed by atoms with Crippen LogP contribution in [0.4, 0.5) is 0 Å². The first kappa shape index (κ1) is 15.0. The molecular formula is C7H15O9P. The zero-order valence-corrected chi connectivity index (χ0v) is 9.51. The Hall–Kier alpha value is -0.0900. The second-order valence-corrected chi connectivity index (χ2v) is 5.66. The lowest BCUT2D eigenvalue weighted by molar-refractivity contribution is -0.257. The highest BCUT2D eigenvalue weighted by molar-refractivity contribution is 7.53. The van der Waals surface area contributed by atoms with E-state index in [4.69, 9.17) is 24.7 Å². The highest BCUT2D eigenvalue weighted by Gasteiger charge is 2.62. The van der Waals surface area contributed by atoms with Crippen LogP contribution in [0, 0.1) is 0 Å². The van der Waals surface area contributed by atoms with Crippen molar-refractivity contribution in [3.63, 3.8) is 0 Å². The quantitative estimate of drug-likeness (QED) is 0.256. The maximum Gasteiger partial charge on any atom is 0.362 e. The van der Waals surface area contributed by atoms with E-state index in [1.54, 1.807) is 0 Å². The highest BCUT2D eigenvalue weighted by Crippen LogP contribution is 2.56. The van der Waals surface area contributed by atoms with Gasteiger partial charge in [-0.25, -0.2) is 0 Å². The van der Waals surface area contributed by atoms with Crippen LogP contribution >= 0.6 is 7.60 Å². The molecule has 0 radical (unpaired) electrons. The normalized spacial score (nSPS) is 43.7. The Labute approximate surface area is 96.1 Å². The third-order valence-corrected chi connectivity index (χ3v) is 4.27. The number of rotatable bonds is 3. The third-order valence-electron chi connectivity index (χ3n) is 2.77. The third kappa shape index (κ3) is 2.26. The lowest BCUT2D eigenvalue weighted by atomic mass is 9.95. The monoisotopic (exact) mass is 274 g/mol. The number of hydrogen-bond acceptors (Lipinski definition) is 7. The molecule has 0 unspecified atom stereocenters. The predicted molar refractivity (Wildman–Crippen MR) is 51.8 cm³/mol. The topological polar surface area (TPSA) is 168 Å². The second-order valence-electron chi connectivity index (χ2n) is 3.81. The Bertz CT molecular complexity index is 314. The largest absolute Gasteiger partial charge is 0.394 e. The first-order valence-corrected chi connectivity index (χ1v) is 6.32. The van der Waals surface area contributed by atoms with E-state index in [9.17, 15) is 19.9 Å². The second kappa shape index (κ2) is 4.88. The lowest BCUT2D eigenvalue weighted by Gasteiger charge is -2.47. The standard InChI is InChI=1S/C7H15O9P/c8-1-3-4(10)5(11)6(12)7(2-9,16-3)17(13,14)15/h3-6,8-12H,1-2H2,(H2,13,14,15)/t3-,4+,5+,6-,7+/m1/s1. The van der Waals surface area contributed by atoms with Crippen LogP contribution in [0.1, 0.15) is 0 Å². The molecule has 0 aliphatic carbocycles. The Morgan fingerprint density at radius 2 is 1.65 bits per heavy atom. The molecule has 7 N–H and O–H groups in total. The number of aliphatic hydroxyl groups excluding tert-OH is 5. The molecule has 0 aromatic rings. The molecule has 1 rings (SSSR count). The number of hydrogen-bond donors (Lipinski definition) is 7. The van der Waals surface area contributed by atoms with Crippen LogP contribution in [0.2, 0.25) is 0 Å². The molecule has 0 amide bonds. The van der Waals surface area contributed by atoms with Gasteiger partial charge in [0.2, 0.25) is 5.34 Å². The molecule has 0 spiro atoms. The molecule has 1 aliphatic heterocycles. The van der Waals surface area contributed by atoms with Gasteiger partial charge in [0.05, 0.1) is 13.2 Å². The van der Waals surface area contributed by atoms with Crippen LogP contribution in [0.5, 0.6) is 0 Å². The summed E-state index contributed by atoms with van der Waals surface area (Å²) in [6, 6.07) is 0. The van der Waals surface area contributed by atoms with Crippen molar-refractivity contribution in [2.24, 2.45) is 0 Å². The molecule has 1 heterocycles. The molecule has 102 valence electrons. The summed E-state index contributed by atoms with van der Waals surface area (Å²) in [6.07, 6.45) is -7.39. The molecule has 0 saturated carbocycles. The summed E-state index contributed by atoms with van der Waals surface area (Å²) < 4.78 is 15.9. The van der Waals surface area contributed by atoms with Crippen LogP contribution in [0.25, 0.3) is 0 Å². The minimum absolute atomic E-state index is 0.841. The summed E-state index contributed by atoms with van der Waals surface area (Å²) in [5.41, 5.74) is 0. The van der Waals surface area contributed by atoms with E-state index in [2.05, 4.69) is 0 Å². The smallest absolute Gasteiger partial charge is 0.362 e. The van der Waals surface area contributed by atoms with Crippen molar-refractivity contribution in [1.29, 1.82) is 0 Å². The minimum atomic E-state index is -5.15. The van der Waals surface area contributed by atoms with Gasteiger partial charge in [-0.2, -0.15) is 0 Å². The van der Waals surface area contributed by atoms with E-state index >= 15 is 0 Å². The van der Waals surface area contributed by atoms with Gasteiger partial charge in [-0.3, -0.25) is 4.57 Å². The molecule has 1 fully saturated rings. The summed E-state index contributed by atoms with van der Waals surface area (Å²) in [5, 5.41) is 43.5. The van der Waals surface area contributed by atoms with E-state index < -0.39 is 50.6 Å². The van der Waals surface area contributed by atoms with Gasteiger partial charge in [0.25, 0.3) is 0 Å². The Morgan fingerprint density at radius 1 is 1.12 bits per heavy atom. The number of aliphatic hydroxyl groups is 5. The summed E-state index contributed by atoms with van der Waals surface area (Å²) >= 11 is 0. The molecule has 0 aromatic heterocycles. The van der Waals surface area contributed by atoms with Gasteiger partial charge in [0.1, 0.15) is 24.4 Å². The predicted octanol–water partition coefficient (Wildman–Crippen LogP) is -3.67. The van der Waals surface area contributed by atoms with Gasteiger partial charge >= 0.3 is 7.60 Å². The van der Waals surface area contributed by atoms with Gasteiger partial charge in [0, 0.05) is 0 Å². The van der Waals surface area contributed by atoms with Gasteiger partial charge in [-0.05, 0) is 0 Å². The van der Waals surface area contributed by atoms with E-state index in [0.717, 1.165) is 0 Å². The van der Waals surface area contributed by atoms with E-state index in [1.807, 2.05) is 0 Å². The van der Waals surface area contributed by atoms with Gasteiger partial charge in [-0.15, -0.1) is 0 Å². The van der Waals surface area contributed by atoms with Crippen molar-refractivity contribution in [3.8, 4) is 0 Å². The maximum absolute atomic E-state index is 11.2. The number of ether oxygens (including phenoxy) is 1. The molecule has 1 saturated heterocycles. The zero-order chi connectivity index (χ0) is 13.4. The lowest BCUT2D eigenvalue weighted by Crippen LogP contribution is -2.66. The van der Waals surface area contributed by atoms with Crippen molar-refractivity contribution in [2.45, 2.75) is 29.8 Å². The molecule has 17 heavy (non-hydrogen) atoms. The van der Waals surface area contributed by atoms with Crippen LogP contribution in [-0.4, -0.2) is 78.3 Å². The van der Waals surface area contributed by atoms with E-state index in [-0.39, 0.29) is 0 Å². The summed E-state index contributed by atoms with van der Waals surface area (Å²) in [7, 11) is -5.15. The summed E-state index contributed by atoms with van der Waals surface area (Å²) in [4.78, 5) is 18.1. The fourth-order valence-corrected chi connectivity index (χ4v) is 2.64. The highest BCUT2D eigenvalue weighted by atomic mass is 31.2. The fourth-order valence-electron chi connectivity index (χ4n) is 1.68. The minimum Gasteiger partial charge on any atom is -0.394 e. The SMILES string of the molecule is O=P(O)(O)[C@]1(CO)O[C@H](CO)[C@H](O)[C@H](O)[C@H]1O.